The van der Waals surface area contributed by atoms with Crippen molar-refractivity contribution in [3.63, 3.8) is 0 Å². The van der Waals surface area contributed by atoms with Gasteiger partial charge in [-0.05, 0) is 19.3 Å². The molecule has 0 aromatic heterocycles. The maximum absolute atomic E-state index is 13.6. The molecule has 32 nitrogen and oxygen atoms in total. The number of hydrogen-bond donors (Lipinski definition) is 19. The summed E-state index contributed by atoms with van der Waals surface area (Å²) in [5, 5.41) is 185. The lowest BCUT2D eigenvalue weighted by molar-refractivity contribution is -0.388. The van der Waals surface area contributed by atoms with Gasteiger partial charge in [0.25, 0.3) is 11.6 Å². The average Bonchev–Trinajstić information content (AvgIpc) is 0.766. The summed E-state index contributed by atoms with van der Waals surface area (Å²) in [5.41, 5.74) is 0. The minimum atomic E-state index is -3.39. The summed E-state index contributed by atoms with van der Waals surface area (Å²) in [6.07, 6.45) is -2.84. The second kappa shape index (κ2) is 51.0. The van der Waals surface area contributed by atoms with Gasteiger partial charge in [0.2, 0.25) is 17.7 Å². The number of carboxylic acids is 2. The van der Waals surface area contributed by atoms with E-state index in [0.717, 1.165) is 65.2 Å². The Morgan fingerprint density at radius 3 is 1.39 bits per heavy atom. The summed E-state index contributed by atoms with van der Waals surface area (Å²) >= 11 is 0. The zero-order valence-corrected chi connectivity index (χ0v) is 62.9. The van der Waals surface area contributed by atoms with Crippen LogP contribution in [0, 0.1) is 0 Å². The predicted molar refractivity (Wildman–Crippen MR) is 381 cm³/mol. The molecule has 0 aromatic rings. The van der Waals surface area contributed by atoms with Gasteiger partial charge >= 0.3 is 11.9 Å². The van der Waals surface area contributed by atoms with E-state index in [0.29, 0.717) is 12.8 Å². The van der Waals surface area contributed by atoms with Gasteiger partial charge in [-0.1, -0.05) is 206 Å². The molecule has 0 aliphatic carbocycles. The number of amides is 3. The van der Waals surface area contributed by atoms with Gasteiger partial charge in [-0.2, -0.15) is 0 Å². The average molecular weight is 1530 g/mol. The second-order valence-electron chi connectivity index (χ2n) is 29.3. The zero-order valence-electron chi connectivity index (χ0n) is 62.9. The van der Waals surface area contributed by atoms with Crippen LogP contribution >= 0.6 is 0 Å². The van der Waals surface area contributed by atoms with Crippen LogP contribution in [-0.2, 0) is 61.9 Å². The number of carbonyl (C=O) groups excluding carboxylic acids is 3. The molecule has 4 saturated heterocycles. The third-order valence-electron chi connectivity index (χ3n) is 20.5. The van der Waals surface area contributed by atoms with E-state index < -0.39 is 216 Å². The van der Waals surface area contributed by atoms with Crippen molar-refractivity contribution in [1.82, 2.24) is 16.0 Å². The summed E-state index contributed by atoms with van der Waals surface area (Å²) in [6, 6.07) is -4.73. The van der Waals surface area contributed by atoms with Crippen LogP contribution in [0.25, 0.3) is 0 Å². The Bertz CT molecular complexity index is 2480. The Morgan fingerprint density at radius 1 is 0.509 bits per heavy atom. The number of aliphatic carboxylic acids is 2. The molecule has 4 aliphatic heterocycles. The minimum absolute atomic E-state index is 0.156. The molecule has 0 spiro atoms. The summed E-state index contributed by atoms with van der Waals surface area (Å²) in [5.74, 6) is -13.1. The molecular formula is C74H133N3O29. The van der Waals surface area contributed by atoms with Crippen LogP contribution in [0.5, 0.6) is 0 Å². The van der Waals surface area contributed by atoms with Gasteiger partial charge in [0.05, 0.1) is 69.5 Å². The topological polar surface area (TPSA) is 519 Å². The first-order valence-electron chi connectivity index (χ1n) is 39.2. The normalized spacial score (nSPS) is 31.0. The molecule has 618 valence electrons. The number of aliphatic hydroxyl groups excluding tert-OH is 14. The first-order valence-corrected chi connectivity index (χ1v) is 39.2. The van der Waals surface area contributed by atoms with Crippen molar-refractivity contribution in [2.45, 2.75) is 392 Å². The molecule has 24 atom stereocenters. The Hall–Kier alpha value is -3.79. The van der Waals surface area contributed by atoms with E-state index in [-0.39, 0.29) is 12.3 Å². The smallest absolute Gasteiger partial charge is 0.364 e. The Morgan fingerprint density at radius 2 is 0.943 bits per heavy atom. The van der Waals surface area contributed by atoms with Crippen molar-refractivity contribution in [3.8, 4) is 0 Å². The van der Waals surface area contributed by atoms with E-state index in [2.05, 4.69) is 29.8 Å². The third-order valence-corrected chi connectivity index (χ3v) is 20.5. The maximum Gasteiger partial charge on any atom is 0.364 e. The molecule has 8 unspecified atom stereocenters. The van der Waals surface area contributed by atoms with Crippen LogP contribution < -0.4 is 16.0 Å². The van der Waals surface area contributed by atoms with Gasteiger partial charge in [0, 0.05) is 33.1 Å². The van der Waals surface area contributed by atoms with Crippen LogP contribution in [-0.4, -0.2) is 290 Å². The van der Waals surface area contributed by atoms with E-state index in [1.54, 1.807) is 6.08 Å². The van der Waals surface area contributed by atoms with Crippen molar-refractivity contribution in [1.29, 1.82) is 0 Å². The van der Waals surface area contributed by atoms with Gasteiger partial charge in [0.1, 0.15) is 85.5 Å². The highest BCUT2D eigenvalue weighted by atomic mass is 16.8. The summed E-state index contributed by atoms with van der Waals surface area (Å²) in [4.78, 5) is 65.0. The van der Waals surface area contributed by atoms with Gasteiger partial charge in [-0.25, -0.2) is 9.59 Å². The molecule has 4 fully saturated rings. The van der Waals surface area contributed by atoms with E-state index in [1.807, 2.05) is 6.08 Å². The number of carbonyl (C=O) groups is 5. The first kappa shape index (κ1) is 94.6. The van der Waals surface area contributed by atoms with Gasteiger partial charge < -0.3 is 136 Å². The lowest BCUT2D eigenvalue weighted by atomic mass is 9.87. The number of allylic oxidation sites excluding steroid dienone is 1. The minimum Gasteiger partial charge on any atom is -0.477 e. The number of nitrogens with one attached hydrogen (secondary N) is 3. The van der Waals surface area contributed by atoms with Crippen LogP contribution in [0.3, 0.4) is 0 Å². The molecule has 106 heavy (non-hydrogen) atoms. The monoisotopic (exact) mass is 1530 g/mol. The van der Waals surface area contributed by atoms with Crippen LogP contribution in [0.2, 0.25) is 0 Å². The van der Waals surface area contributed by atoms with Crippen molar-refractivity contribution >= 4 is 29.7 Å². The summed E-state index contributed by atoms with van der Waals surface area (Å²) < 4.78 is 46.5. The number of unbranched alkanes of at least 4 members (excludes halogenated alkanes) is 29. The van der Waals surface area contributed by atoms with Crippen molar-refractivity contribution < 1.29 is 144 Å². The standard InChI is InChI=1S/C74H133N3O29/c1-5-7-9-11-13-15-17-19-20-21-22-23-24-26-28-30-32-34-36-38-56(88)77-48(49(84)37-35-33-31-29-27-25-18-16-14-12-10-8-6-2)45-99-69-63(93)62(92)65(55(44-81)101-69)102-70-64(94)68(60(90)53(42-79)100-70)106-74(72(97)98)40-51(86)58(76-47(4)83)67(105-74)61(91)54(43-80)103-73(71(95)96)39-50(85)57(75-46(3)82)66(104-73)59(89)52(87)41-78/h35,37,48-55,57-70,78-81,84-87,89-94H,5-34,36,38-45H2,1-4H3,(H,75,82)(H,76,83)(H,77,88)(H,95,96)(H,97,98)/b37-35+/t48-,49+,50?,51?,52+,53?,54+,55?,57+,58+,59+,60-,61+,62+,63?,64?,65+,66?,67?,68-,69+,70-,73+,74-/m0/s1. The van der Waals surface area contributed by atoms with E-state index in [9.17, 15) is 106 Å². The fourth-order valence-electron chi connectivity index (χ4n) is 14.2. The molecule has 0 aromatic carbocycles. The molecule has 19 N–H and O–H groups in total. The number of aliphatic hydroxyl groups is 14. The van der Waals surface area contributed by atoms with Crippen LogP contribution in [0.15, 0.2) is 12.2 Å². The summed E-state index contributed by atoms with van der Waals surface area (Å²) in [7, 11) is 0. The molecule has 3 amide bonds. The highest BCUT2D eigenvalue weighted by Gasteiger charge is 2.62. The van der Waals surface area contributed by atoms with Crippen molar-refractivity contribution in [3.05, 3.63) is 12.2 Å². The number of carboxylic acid groups (broad SMARTS) is 2. The van der Waals surface area contributed by atoms with Gasteiger partial charge in [0.15, 0.2) is 12.6 Å². The maximum atomic E-state index is 13.6. The van der Waals surface area contributed by atoms with Crippen LogP contribution in [0.1, 0.15) is 246 Å². The molecule has 0 saturated carbocycles. The van der Waals surface area contributed by atoms with E-state index in [1.165, 1.54) is 135 Å². The number of ether oxygens (including phenoxy) is 8. The third kappa shape index (κ3) is 30.7. The lowest BCUT2D eigenvalue weighted by Crippen LogP contribution is -2.72. The fourth-order valence-corrected chi connectivity index (χ4v) is 14.2. The van der Waals surface area contributed by atoms with Gasteiger partial charge in [-0.3, -0.25) is 14.4 Å². The molecular weight excluding hydrogens is 1390 g/mol. The Balaban J connectivity index is 1.46. The Kier molecular flexibility index (Phi) is 45.5. The van der Waals surface area contributed by atoms with Crippen molar-refractivity contribution in [2.24, 2.45) is 0 Å². The molecule has 4 rings (SSSR count). The zero-order chi connectivity index (χ0) is 78.4. The quantitative estimate of drug-likeness (QED) is 0.0305. The molecule has 0 bridgehead atoms. The highest BCUT2D eigenvalue weighted by Crippen LogP contribution is 2.41. The lowest BCUT2D eigenvalue weighted by Gasteiger charge is -2.51. The SMILES string of the molecule is CCCCCCCCCCCCC/C=C/[C@@H](O)[C@H](CO[C@@H]1OC(CO)[C@@H](O[C@@H]2OC(CO)[C@H](O)[C@H](O[C@]3(C(=O)O)CC(O)[C@@H](NC(C)=O)C([C@H](O)[C@@H](CO)O[C@]4(C(=O)O)CC(O)[C@@H](NC(C)=O)C([C@H](O)[C@H](O)CO)O4)O3)C2O)[C@H](O)C1O)NC(=O)CCCCCCCCCCCCCCCCCCCCC. The van der Waals surface area contributed by atoms with Gasteiger partial charge in [-0.15, -0.1) is 0 Å². The first-order chi connectivity index (χ1) is 50.7. The molecule has 4 heterocycles. The summed E-state index contributed by atoms with van der Waals surface area (Å²) in [6.45, 7) is 1.13. The van der Waals surface area contributed by atoms with E-state index >= 15 is 0 Å². The molecule has 4 aliphatic rings. The van der Waals surface area contributed by atoms with Crippen LogP contribution in [0.4, 0.5) is 0 Å². The van der Waals surface area contributed by atoms with E-state index in [4.69, 9.17) is 37.9 Å². The fraction of sp³-hybridized carbons (Fsp3) is 0.905. The highest BCUT2D eigenvalue weighted by molar-refractivity contribution is 5.78. The number of hydrogen-bond acceptors (Lipinski definition) is 27. The van der Waals surface area contributed by atoms with Crippen molar-refractivity contribution in [2.75, 3.05) is 33.0 Å². The largest absolute Gasteiger partial charge is 0.477 e. The number of rotatable bonds is 56. The molecule has 0 radical (unpaired) electrons. The second-order valence-corrected chi connectivity index (χ2v) is 29.3. The Labute approximate surface area is 624 Å². The molecule has 32 heteroatoms. The predicted octanol–water partition coefficient (Wildman–Crippen LogP) is 1.90.